The molecule has 0 spiro atoms. The highest BCUT2D eigenvalue weighted by Gasteiger charge is 2.23. The average Bonchev–Trinajstić information content (AvgIpc) is 2.85. The van der Waals surface area contributed by atoms with E-state index in [4.69, 9.17) is 0 Å². The second-order valence-corrected chi connectivity index (χ2v) is 4.10. The molecule has 0 radical (unpaired) electrons. The summed E-state index contributed by atoms with van der Waals surface area (Å²) < 4.78 is 1.91. The second kappa shape index (κ2) is 4.10. The van der Waals surface area contributed by atoms with E-state index in [1.807, 2.05) is 4.57 Å². The number of amides is 1. The second-order valence-electron chi connectivity index (χ2n) is 4.10. The molecule has 0 fully saturated rings. The van der Waals surface area contributed by atoms with Crippen LogP contribution >= 0.6 is 0 Å². The highest BCUT2D eigenvalue weighted by atomic mass is 16.2. The first-order chi connectivity index (χ1) is 8.74. The van der Waals surface area contributed by atoms with Crippen molar-refractivity contribution in [1.29, 1.82) is 0 Å². The minimum Gasteiger partial charge on any atom is -0.328 e. The van der Waals surface area contributed by atoms with Gasteiger partial charge in [0.1, 0.15) is 12.0 Å². The van der Waals surface area contributed by atoms with E-state index in [2.05, 4.69) is 15.2 Å². The van der Waals surface area contributed by atoms with Crippen LogP contribution in [0.4, 0.5) is 0 Å². The van der Waals surface area contributed by atoms with Gasteiger partial charge < -0.3 is 14.5 Å². The van der Waals surface area contributed by atoms with Gasteiger partial charge in [-0.15, -0.1) is 10.2 Å². The number of aromatic amines is 1. The largest absolute Gasteiger partial charge is 0.328 e. The van der Waals surface area contributed by atoms with E-state index in [1.165, 1.54) is 6.07 Å². The molecular weight excluding hydrogens is 234 g/mol. The molecule has 0 aliphatic carbocycles. The van der Waals surface area contributed by atoms with E-state index in [-0.39, 0.29) is 11.5 Å². The number of hydrogen-bond donors (Lipinski definition) is 1. The zero-order valence-corrected chi connectivity index (χ0v) is 9.54. The van der Waals surface area contributed by atoms with Crippen LogP contribution < -0.4 is 5.56 Å². The van der Waals surface area contributed by atoms with Gasteiger partial charge in [-0.2, -0.15) is 0 Å². The Balaban J connectivity index is 1.85. The summed E-state index contributed by atoms with van der Waals surface area (Å²) in [6.07, 6.45) is 1.65. The van der Waals surface area contributed by atoms with Crippen molar-refractivity contribution in [2.75, 3.05) is 6.54 Å². The maximum Gasteiger partial charge on any atom is 0.270 e. The molecule has 1 N–H and O–H groups in total. The molecule has 0 saturated carbocycles. The van der Waals surface area contributed by atoms with Gasteiger partial charge in [-0.3, -0.25) is 9.59 Å². The molecule has 1 aliphatic heterocycles. The van der Waals surface area contributed by atoms with Gasteiger partial charge in [0.2, 0.25) is 5.56 Å². The van der Waals surface area contributed by atoms with Crippen LogP contribution in [0, 0.1) is 0 Å². The van der Waals surface area contributed by atoms with Crippen LogP contribution in [0.1, 0.15) is 16.3 Å². The van der Waals surface area contributed by atoms with Crippen molar-refractivity contribution in [2.45, 2.75) is 13.1 Å². The predicted molar refractivity (Wildman–Crippen MR) is 61.8 cm³/mol. The monoisotopic (exact) mass is 245 g/mol. The van der Waals surface area contributed by atoms with Gasteiger partial charge in [0.05, 0.1) is 6.54 Å². The molecule has 2 aromatic rings. The summed E-state index contributed by atoms with van der Waals surface area (Å²) in [4.78, 5) is 27.5. The number of nitrogens with one attached hydrogen (secondary N) is 1. The molecule has 7 heteroatoms. The first kappa shape index (κ1) is 10.7. The molecule has 0 saturated heterocycles. The highest BCUT2D eigenvalue weighted by molar-refractivity contribution is 5.92. The summed E-state index contributed by atoms with van der Waals surface area (Å²) in [6, 6.07) is 4.55. The van der Waals surface area contributed by atoms with Crippen molar-refractivity contribution in [2.24, 2.45) is 0 Å². The topological polar surface area (TPSA) is 83.9 Å². The summed E-state index contributed by atoms with van der Waals surface area (Å²) in [7, 11) is 0. The number of rotatable bonds is 1. The molecule has 0 unspecified atom stereocenters. The van der Waals surface area contributed by atoms with Crippen LogP contribution in [0.5, 0.6) is 0 Å². The molecular formula is C11H11N5O2. The van der Waals surface area contributed by atoms with Gasteiger partial charge in [0.25, 0.3) is 5.91 Å². The standard InChI is InChI=1S/C11H11N5O2/c17-10-3-1-2-8(13-10)11(18)15-4-5-16-7-12-14-9(16)6-15/h1-3,7H,4-6H2,(H,13,17). The van der Waals surface area contributed by atoms with Crippen LogP contribution in [0.25, 0.3) is 0 Å². The summed E-state index contributed by atoms with van der Waals surface area (Å²) in [5.74, 6) is 0.565. The van der Waals surface area contributed by atoms with E-state index in [9.17, 15) is 9.59 Å². The summed E-state index contributed by atoms with van der Waals surface area (Å²) >= 11 is 0. The normalized spacial score (nSPS) is 14.3. The number of fused-ring (bicyclic) bond motifs is 1. The van der Waals surface area contributed by atoms with Gasteiger partial charge in [-0.05, 0) is 6.07 Å². The first-order valence-electron chi connectivity index (χ1n) is 5.59. The molecule has 0 aromatic carbocycles. The van der Waals surface area contributed by atoms with Crippen molar-refractivity contribution in [1.82, 2.24) is 24.6 Å². The van der Waals surface area contributed by atoms with Crippen LogP contribution in [0.2, 0.25) is 0 Å². The highest BCUT2D eigenvalue weighted by Crippen LogP contribution is 2.11. The average molecular weight is 245 g/mol. The van der Waals surface area contributed by atoms with Crippen molar-refractivity contribution < 1.29 is 4.79 Å². The maximum absolute atomic E-state index is 12.2. The lowest BCUT2D eigenvalue weighted by Gasteiger charge is -2.26. The SMILES string of the molecule is O=C(c1cccc(=O)[nH]1)N1CCn2cnnc2C1. The fraction of sp³-hybridized carbons (Fsp3) is 0.273. The lowest BCUT2D eigenvalue weighted by molar-refractivity contribution is 0.0701. The molecule has 1 amide bonds. The van der Waals surface area contributed by atoms with Crippen LogP contribution in [0.3, 0.4) is 0 Å². The van der Waals surface area contributed by atoms with Gasteiger partial charge in [0, 0.05) is 19.2 Å². The Hall–Kier alpha value is -2.44. The van der Waals surface area contributed by atoms with Crippen LogP contribution in [0.15, 0.2) is 29.3 Å². The first-order valence-corrected chi connectivity index (χ1v) is 5.59. The molecule has 2 aromatic heterocycles. The van der Waals surface area contributed by atoms with Crippen molar-refractivity contribution in [3.8, 4) is 0 Å². The number of nitrogens with zero attached hydrogens (tertiary/aromatic N) is 4. The Kier molecular flexibility index (Phi) is 2.44. The Morgan fingerprint density at radius 2 is 2.22 bits per heavy atom. The smallest absolute Gasteiger partial charge is 0.270 e. The minimum absolute atomic E-state index is 0.193. The number of pyridine rings is 1. The Morgan fingerprint density at radius 1 is 1.33 bits per heavy atom. The fourth-order valence-electron chi connectivity index (χ4n) is 1.98. The number of carbonyl (C=O) groups is 1. The molecule has 1 aliphatic rings. The summed E-state index contributed by atoms with van der Waals surface area (Å²) in [5.41, 5.74) is 0.0245. The van der Waals surface area contributed by atoms with Crippen molar-refractivity contribution in [3.63, 3.8) is 0 Å². The zero-order chi connectivity index (χ0) is 12.5. The van der Waals surface area contributed by atoms with E-state index in [0.29, 0.717) is 25.3 Å². The molecule has 0 bridgehead atoms. The van der Waals surface area contributed by atoms with E-state index in [0.717, 1.165) is 5.82 Å². The maximum atomic E-state index is 12.2. The Morgan fingerprint density at radius 3 is 3.06 bits per heavy atom. The lowest BCUT2D eigenvalue weighted by atomic mass is 10.2. The third-order valence-electron chi connectivity index (χ3n) is 2.92. The molecule has 18 heavy (non-hydrogen) atoms. The zero-order valence-electron chi connectivity index (χ0n) is 9.54. The number of aromatic nitrogens is 4. The number of H-pyrrole nitrogens is 1. The third-order valence-corrected chi connectivity index (χ3v) is 2.92. The van der Waals surface area contributed by atoms with Crippen LogP contribution in [-0.2, 0) is 13.1 Å². The third kappa shape index (κ3) is 1.79. The lowest BCUT2D eigenvalue weighted by Crippen LogP contribution is -2.39. The predicted octanol–water partition coefficient (Wildman–Crippen LogP) is -0.378. The van der Waals surface area contributed by atoms with Gasteiger partial charge in [0.15, 0.2) is 5.82 Å². The summed E-state index contributed by atoms with van der Waals surface area (Å²) in [5, 5.41) is 7.75. The van der Waals surface area contributed by atoms with Crippen molar-refractivity contribution >= 4 is 5.91 Å². The molecule has 3 heterocycles. The fourth-order valence-corrected chi connectivity index (χ4v) is 1.98. The van der Waals surface area contributed by atoms with Gasteiger partial charge in [-0.25, -0.2) is 0 Å². The van der Waals surface area contributed by atoms with E-state index in [1.54, 1.807) is 23.4 Å². The summed E-state index contributed by atoms with van der Waals surface area (Å²) in [6.45, 7) is 1.67. The number of carbonyl (C=O) groups excluding carboxylic acids is 1. The molecule has 0 atom stereocenters. The van der Waals surface area contributed by atoms with Gasteiger partial charge in [-0.1, -0.05) is 6.07 Å². The van der Waals surface area contributed by atoms with Gasteiger partial charge >= 0.3 is 0 Å². The minimum atomic E-state index is -0.277. The molecule has 92 valence electrons. The molecule has 7 nitrogen and oxygen atoms in total. The van der Waals surface area contributed by atoms with E-state index >= 15 is 0 Å². The van der Waals surface area contributed by atoms with Crippen molar-refractivity contribution in [3.05, 3.63) is 46.4 Å². The number of hydrogen-bond acceptors (Lipinski definition) is 4. The Bertz CT molecular complexity index is 645. The quantitative estimate of drug-likeness (QED) is 0.742. The molecule has 3 rings (SSSR count). The van der Waals surface area contributed by atoms with Crippen LogP contribution in [-0.4, -0.2) is 37.1 Å². The Labute approximate surface area is 102 Å². The van der Waals surface area contributed by atoms with E-state index < -0.39 is 0 Å².